The van der Waals surface area contributed by atoms with Gasteiger partial charge in [0.05, 0.1) is 0 Å². The zero-order chi connectivity index (χ0) is 30.9. The minimum atomic E-state index is 0.850. The monoisotopic (exact) mass is 602 g/mol. The van der Waals surface area contributed by atoms with Gasteiger partial charge in [0.25, 0.3) is 0 Å². The molecule has 0 bridgehead atoms. The molecule has 0 saturated carbocycles. The molecule has 7 aromatic carbocycles. The molecule has 47 heavy (non-hydrogen) atoms. The largest absolute Gasteiger partial charge is 0.456 e. The number of para-hydroxylation sites is 1. The van der Waals surface area contributed by atoms with Gasteiger partial charge in [-0.15, -0.1) is 0 Å². The summed E-state index contributed by atoms with van der Waals surface area (Å²) in [4.78, 5) is 6.68. The van der Waals surface area contributed by atoms with Gasteiger partial charge in [0.15, 0.2) is 0 Å². The normalized spacial score (nSPS) is 11.8. The molecule has 10 rings (SSSR count). The Balaban J connectivity index is 1.18. The third kappa shape index (κ3) is 4.05. The van der Waals surface area contributed by atoms with Gasteiger partial charge < -0.3 is 13.7 Å². The lowest BCUT2D eigenvalue weighted by Gasteiger charge is -2.26. The fourth-order valence-corrected chi connectivity index (χ4v) is 7.08. The fraction of sp³-hybridized carbons (Fsp3) is 0. The molecule has 0 fully saturated rings. The molecule has 0 spiro atoms. The first kappa shape index (κ1) is 25.9. The van der Waals surface area contributed by atoms with Crippen LogP contribution in [0.4, 0.5) is 17.1 Å². The summed E-state index contributed by atoms with van der Waals surface area (Å²) in [5.74, 6) is 0. The summed E-state index contributed by atoms with van der Waals surface area (Å²) in [6, 6.07) is 51.4. The second-order valence-electron chi connectivity index (χ2n) is 12.0. The van der Waals surface area contributed by atoms with Crippen LogP contribution in [-0.2, 0) is 0 Å². The molecule has 0 atom stereocenters. The number of hydrogen-bond donors (Lipinski definition) is 0. The van der Waals surface area contributed by atoms with Crippen LogP contribution in [0.1, 0.15) is 0 Å². The SMILES string of the molecule is c1ccc(-c2ccc(N(c3ccc4c(ccc5ccc6c7cnccc7oc6c54)c3)c3ccc4oc5ccccc5c4c3)cc2)cc1. The number of hydrogen-bond acceptors (Lipinski definition) is 4. The summed E-state index contributed by atoms with van der Waals surface area (Å²) in [5.41, 5.74) is 9.10. The van der Waals surface area contributed by atoms with Crippen molar-refractivity contribution >= 4 is 82.5 Å². The Morgan fingerprint density at radius 3 is 2.02 bits per heavy atom. The molecule has 0 amide bonds. The third-order valence-corrected chi connectivity index (χ3v) is 9.33. The van der Waals surface area contributed by atoms with Gasteiger partial charge in [0, 0.05) is 56.4 Å². The van der Waals surface area contributed by atoms with Gasteiger partial charge >= 0.3 is 0 Å². The number of furan rings is 2. The van der Waals surface area contributed by atoms with Crippen LogP contribution in [0, 0.1) is 0 Å². The van der Waals surface area contributed by atoms with Crippen molar-refractivity contribution in [1.82, 2.24) is 4.98 Å². The Labute approximate surface area is 269 Å². The van der Waals surface area contributed by atoms with Gasteiger partial charge in [-0.25, -0.2) is 0 Å². The number of anilines is 3. The van der Waals surface area contributed by atoms with Crippen molar-refractivity contribution < 1.29 is 8.83 Å². The first-order valence-electron chi connectivity index (χ1n) is 15.8. The van der Waals surface area contributed by atoms with Crippen molar-refractivity contribution in [1.29, 1.82) is 0 Å². The zero-order valence-corrected chi connectivity index (χ0v) is 25.2. The van der Waals surface area contributed by atoms with E-state index in [1.807, 2.05) is 24.4 Å². The zero-order valence-electron chi connectivity index (χ0n) is 25.2. The van der Waals surface area contributed by atoms with Gasteiger partial charge in [-0.1, -0.05) is 84.9 Å². The smallest absolute Gasteiger partial charge is 0.143 e. The first-order chi connectivity index (χ1) is 23.3. The Bertz CT molecular complexity index is 2790. The molecule has 3 aromatic heterocycles. The van der Waals surface area contributed by atoms with Gasteiger partial charge in [-0.3, -0.25) is 4.98 Å². The van der Waals surface area contributed by atoms with E-state index in [4.69, 9.17) is 8.83 Å². The quantitative estimate of drug-likeness (QED) is 0.188. The number of benzene rings is 7. The summed E-state index contributed by atoms with van der Waals surface area (Å²) in [6.07, 6.45) is 3.67. The lowest BCUT2D eigenvalue weighted by Crippen LogP contribution is -2.09. The molecule has 0 aliphatic rings. The molecule has 0 aliphatic heterocycles. The van der Waals surface area contributed by atoms with Crippen LogP contribution in [0.3, 0.4) is 0 Å². The molecular formula is C43H26N2O2. The van der Waals surface area contributed by atoms with E-state index in [2.05, 4.69) is 137 Å². The van der Waals surface area contributed by atoms with E-state index in [1.54, 1.807) is 6.20 Å². The van der Waals surface area contributed by atoms with Gasteiger partial charge in [-0.05, 0) is 87.9 Å². The van der Waals surface area contributed by atoms with Crippen molar-refractivity contribution in [2.24, 2.45) is 0 Å². The summed E-state index contributed by atoms with van der Waals surface area (Å²) in [7, 11) is 0. The van der Waals surface area contributed by atoms with E-state index in [1.165, 1.54) is 11.1 Å². The van der Waals surface area contributed by atoms with Crippen LogP contribution in [0.25, 0.3) is 76.5 Å². The predicted molar refractivity (Wildman–Crippen MR) is 194 cm³/mol. The second-order valence-corrected chi connectivity index (χ2v) is 12.0. The standard InChI is InChI=1S/C43H26N2O2/c1-2-6-27(7-3-1)28-12-15-31(16-13-28)45(33-18-21-40-37(25-33)35-8-4-5-9-39(35)46-40)32-17-20-34-30(24-32)11-10-29-14-19-36-38-26-44-23-22-41(38)47-43(36)42(29)34/h1-26H. The maximum absolute atomic E-state index is 6.45. The topological polar surface area (TPSA) is 42.4 Å². The summed E-state index contributed by atoms with van der Waals surface area (Å²) in [5, 5.41) is 8.88. The van der Waals surface area contributed by atoms with E-state index >= 15 is 0 Å². The van der Waals surface area contributed by atoms with Crippen molar-refractivity contribution in [3.8, 4) is 11.1 Å². The molecule has 0 N–H and O–H groups in total. The molecule has 0 aliphatic carbocycles. The number of nitrogens with zero attached hydrogens (tertiary/aromatic N) is 2. The first-order valence-corrected chi connectivity index (χ1v) is 15.8. The second kappa shape index (κ2) is 10.1. The molecule has 0 unspecified atom stereocenters. The average molecular weight is 603 g/mol. The molecule has 4 nitrogen and oxygen atoms in total. The maximum Gasteiger partial charge on any atom is 0.143 e. The highest BCUT2D eigenvalue weighted by molar-refractivity contribution is 6.23. The molecule has 4 heteroatoms. The molecule has 0 saturated heterocycles. The van der Waals surface area contributed by atoms with Gasteiger partial charge in [0.2, 0.25) is 0 Å². The summed E-state index contributed by atoms with van der Waals surface area (Å²) in [6.45, 7) is 0. The van der Waals surface area contributed by atoms with Crippen LogP contribution >= 0.6 is 0 Å². The lowest BCUT2D eigenvalue weighted by molar-refractivity contribution is 0.669. The predicted octanol–water partition coefficient (Wildman–Crippen LogP) is 12.3. The molecule has 10 aromatic rings. The highest BCUT2D eigenvalue weighted by atomic mass is 16.3. The van der Waals surface area contributed by atoms with Crippen LogP contribution in [0.2, 0.25) is 0 Å². The van der Waals surface area contributed by atoms with Crippen LogP contribution in [0.15, 0.2) is 167 Å². The Kier molecular flexibility index (Phi) is 5.54. The highest BCUT2D eigenvalue weighted by Gasteiger charge is 2.18. The minimum Gasteiger partial charge on any atom is -0.456 e. The Morgan fingerprint density at radius 1 is 0.426 bits per heavy atom. The average Bonchev–Trinajstić information content (AvgIpc) is 3.70. The van der Waals surface area contributed by atoms with Crippen molar-refractivity contribution in [2.45, 2.75) is 0 Å². The molecule has 220 valence electrons. The van der Waals surface area contributed by atoms with E-state index in [9.17, 15) is 0 Å². The molecule has 0 radical (unpaired) electrons. The highest BCUT2D eigenvalue weighted by Crippen LogP contribution is 2.42. The molecular weight excluding hydrogens is 576 g/mol. The van der Waals surface area contributed by atoms with Gasteiger partial charge in [-0.2, -0.15) is 0 Å². The molecule has 3 heterocycles. The number of aromatic nitrogens is 1. The lowest BCUT2D eigenvalue weighted by atomic mass is 9.98. The fourth-order valence-electron chi connectivity index (χ4n) is 7.08. The summed E-state index contributed by atoms with van der Waals surface area (Å²) >= 11 is 0. The number of fused-ring (bicyclic) bond motifs is 10. The van der Waals surface area contributed by atoms with E-state index in [-0.39, 0.29) is 0 Å². The Morgan fingerprint density at radius 2 is 1.11 bits per heavy atom. The minimum absolute atomic E-state index is 0.850. The van der Waals surface area contributed by atoms with E-state index in [0.29, 0.717) is 0 Å². The number of rotatable bonds is 4. The number of pyridine rings is 1. The maximum atomic E-state index is 6.45. The van der Waals surface area contributed by atoms with Gasteiger partial charge in [0.1, 0.15) is 22.3 Å². The summed E-state index contributed by atoms with van der Waals surface area (Å²) < 4.78 is 12.6. The third-order valence-electron chi connectivity index (χ3n) is 9.33. The van der Waals surface area contributed by atoms with Crippen LogP contribution in [-0.4, -0.2) is 4.98 Å². The van der Waals surface area contributed by atoms with Crippen molar-refractivity contribution in [3.05, 3.63) is 158 Å². The van der Waals surface area contributed by atoms with Crippen molar-refractivity contribution in [2.75, 3.05) is 4.90 Å². The van der Waals surface area contributed by atoms with E-state index in [0.717, 1.165) is 82.5 Å². The van der Waals surface area contributed by atoms with Crippen molar-refractivity contribution in [3.63, 3.8) is 0 Å². The Hall–Kier alpha value is -6.39. The van der Waals surface area contributed by atoms with E-state index < -0.39 is 0 Å². The van der Waals surface area contributed by atoms with Crippen LogP contribution < -0.4 is 4.90 Å². The van der Waals surface area contributed by atoms with Crippen LogP contribution in [0.5, 0.6) is 0 Å².